The van der Waals surface area contributed by atoms with Crippen molar-refractivity contribution in [3.8, 4) is 0 Å². The molecule has 1 aliphatic heterocycles. The fourth-order valence-electron chi connectivity index (χ4n) is 2.39. The lowest BCUT2D eigenvalue weighted by Crippen LogP contribution is -2.53. The molecule has 0 saturated carbocycles. The van der Waals surface area contributed by atoms with Gasteiger partial charge in [0.15, 0.2) is 0 Å². The third-order valence-electron chi connectivity index (χ3n) is 3.27. The molecule has 0 aromatic heterocycles. The number of piperazine rings is 1. The Hall–Kier alpha value is -0.120. The Morgan fingerprint density at radius 2 is 2.14 bits per heavy atom. The van der Waals surface area contributed by atoms with Crippen LogP contribution in [0.15, 0.2) is 0 Å². The van der Waals surface area contributed by atoms with Crippen LogP contribution < -0.4 is 5.73 Å². The van der Waals surface area contributed by atoms with E-state index in [-0.39, 0.29) is 0 Å². The van der Waals surface area contributed by atoms with Crippen molar-refractivity contribution in [2.45, 2.75) is 38.8 Å². The SMILES string of the molecule is CC(CCCN)N1CCN(C)CC1C. The molecule has 1 fully saturated rings. The Labute approximate surface area is 88.2 Å². The molecule has 1 aliphatic rings. The predicted molar refractivity (Wildman–Crippen MR) is 61.4 cm³/mol. The summed E-state index contributed by atoms with van der Waals surface area (Å²) in [6.07, 6.45) is 2.39. The fraction of sp³-hybridized carbons (Fsp3) is 1.00. The maximum Gasteiger partial charge on any atom is 0.0198 e. The molecule has 0 spiro atoms. The standard InChI is InChI=1S/C11H25N3/c1-10(5-4-6-12)14-8-7-13(3)9-11(14)2/h10-11H,4-9,12H2,1-3H3. The molecule has 0 aromatic carbocycles. The van der Waals surface area contributed by atoms with Crippen LogP contribution in [0.3, 0.4) is 0 Å². The normalized spacial score (nSPS) is 27.9. The summed E-state index contributed by atoms with van der Waals surface area (Å²) in [5, 5.41) is 0. The molecule has 0 bridgehead atoms. The zero-order chi connectivity index (χ0) is 10.6. The highest BCUT2D eigenvalue weighted by atomic mass is 15.3. The molecule has 0 aliphatic carbocycles. The summed E-state index contributed by atoms with van der Waals surface area (Å²) in [6, 6.07) is 1.39. The zero-order valence-electron chi connectivity index (χ0n) is 9.87. The third kappa shape index (κ3) is 3.23. The number of likely N-dealkylation sites (N-methyl/N-ethyl adjacent to an activating group) is 1. The minimum absolute atomic E-state index is 0.696. The van der Waals surface area contributed by atoms with Crippen molar-refractivity contribution in [2.24, 2.45) is 5.73 Å². The summed E-state index contributed by atoms with van der Waals surface area (Å²) in [7, 11) is 2.21. The van der Waals surface area contributed by atoms with Crippen LogP contribution in [0.25, 0.3) is 0 Å². The Morgan fingerprint density at radius 1 is 1.43 bits per heavy atom. The van der Waals surface area contributed by atoms with Crippen molar-refractivity contribution in [3.63, 3.8) is 0 Å². The van der Waals surface area contributed by atoms with Gasteiger partial charge in [0.2, 0.25) is 0 Å². The average Bonchev–Trinajstić information content (AvgIpc) is 2.14. The van der Waals surface area contributed by atoms with E-state index in [0.29, 0.717) is 12.1 Å². The summed E-state index contributed by atoms with van der Waals surface area (Å²) < 4.78 is 0. The molecule has 2 atom stereocenters. The summed E-state index contributed by atoms with van der Waals surface area (Å²) in [5.41, 5.74) is 5.54. The molecule has 1 rings (SSSR count). The molecule has 0 radical (unpaired) electrons. The first-order valence-electron chi connectivity index (χ1n) is 5.79. The van der Waals surface area contributed by atoms with Crippen LogP contribution in [0.2, 0.25) is 0 Å². The molecule has 1 saturated heterocycles. The summed E-state index contributed by atoms with van der Waals surface area (Å²) in [6.45, 7) is 9.10. The van der Waals surface area contributed by atoms with E-state index in [1.54, 1.807) is 0 Å². The average molecular weight is 199 g/mol. The molecule has 0 amide bonds. The highest BCUT2D eigenvalue weighted by Crippen LogP contribution is 2.14. The van der Waals surface area contributed by atoms with Gasteiger partial charge in [-0.1, -0.05) is 0 Å². The van der Waals surface area contributed by atoms with E-state index in [2.05, 4.69) is 30.7 Å². The van der Waals surface area contributed by atoms with Crippen LogP contribution in [0, 0.1) is 0 Å². The van der Waals surface area contributed by atoms with Gasteiger partial charge in [-0.3, -0.25) is 4.90 Å². The molecule has 2 N–H and O–H groups in total. The maximum absolute atomic E-state index is 5.54. The van der Waals surface area contributed by atoms with Crippen LogP contribution in [0.5, 0.6) is 0 Å². The van der Waals surface area contributed by atoms with Gasteiger partial charge in [-0.05, 0) is 40.3 Å². The van der Waals surface area contributed by atoms with E-state index in [1.807, 2.05) is 0 Å². The monoisotopic (exact) mass is 199 g/mol. The summed E-state index contributed by atoms with van der Waals surface area (Å²) in [5.74, 6) is 0. The zero-order valence-corrected chi connectivity index (χ0v) is 9.87. The van der Waals surface area contributed by atoms with Gasteiger partial charge in [0.05, 0.1) is 0 Å². The van der Waals surface area contributed by atoms with E-state index in [0.717, 1.165) is 13.0 Å². The van der Waals surface area contributed by atoms with Crippen molar-refractivity contribution in [3.05, 3.63) is 0 Å². The maximum atomic E-state index is 5.54. The van der Waals surface area contributed by atoms with Gasteiger partial charge in [0.1, 0.15) is 0 Å². The van der Waals surface area contributed by atoms with Gasteiger partial charge in [-0.15, -0.1) is 0 Å². The number of hydrogen-bond donors (Lipinski definition) is 1. The predicted octanol–water partition coefficient (Wildman–Crippen LogP) is 0.750. The molecular weight excluding hydrogens is 174 g/mol. The molecule has 2 unspecified atom stereocenters. The van der Waals surface area contributed by atoms with E-state index in [4.69, 9.17) is 5.73 Å². The van der Waals surface area contributed by atoms with Crippen molar-refractivity contribution >= 4 is 0 Å². The molecule has 84 valence electrons. The first-order chi connectivity index (χ1) is 6.65. The van der Waals surface area contributed by atoms with E-state index < -0.39 is 0 Å². The second-order valence-electron chi connectivity index (χ2n) is 4.63. The molecule has 1 heterocycles. The fourth-order valence-corrected chi connectivity index (χ4v) is 2.39. The molecule has 14 heavy (non-hydrogen) atoms. The molecular formula is C11H25N3. The smallest absolute Gasteiger partial charge is 0.0198 e. The molecule has 3 nitrogen and oxygen atoms in total. The van der Waals surface area contributed by atoms with Crippen LogP contribution in [-0.2, 0) is 0 Å². The highest BCUT2D eigenvalue weighted by Gasteiger charge is 2.24. The number of nitrogens with zero attached hydrogens (tertiary/aromatic N) is 2. The Morgan fingerprint density at radius 3 is 2.71 bits per heavy atom. The van der Waals surface area contributed by atoms with Gasteiger partial charge in [-0.2, -0.15) is 0 Å². The lowest BCUT2D eigenvalue weighted by atomic mass is 10.1. The lowest BCUT2D eigenvalue weighted by Gasteiger charge is -2.41. The van der Waals surface area contributed by atoms with E-state index in [9.17, 15) is 0 Å². The molecule has 0 aromatic rings. The Kier molecular flexibility index (Phi) is 4.85. The van der Waals surface area contributed by atoms with Crippen molar-refractivity contribution in [1.82, 2.24) is 9.80 Å². The van der Waals surface area contributed by atoms with Crippen molar-refractivity contribution in [2.75, 3.05) is 33.2 Å². The van der Waals surface area contributed by atoms with Crippen LogP contribution >= 0.6 is 0 Å². The van der Waals surface area contributed by atoms with Gasteiger partial charge in [0, 0.05) is 31.7 Å². The minimum Gasteiger partial charge on any atom is -0.330 e. The van der Waals surface area contributed by atoms with E-state index >= 15 is 0 Å². The lowest BCUT2D eigenvalue weighted by molar-refractivity contribution is 0.0639. The minimum atomic E-state index is 0.696. The van der Waals surface area contributed by atoms with Crippen molar-refractivity contribution < 1.29 is 0 Å². The Bertz CT molecular complexity index is 161. The molecule has 3 heteroatoms. The quantitative estimate of drug-likeness (QED) is 0.725. The second-order valence-corrected chi connectivity index (χ2v) is 4.63. The number of nitrogens with two attached hydrogens (primary N) is 1. The van der Waals surface area contributed by atoms with Gasteiger partial charge in [-0.25, -0.2) is 0 Å². The first kappa shape index (κ1) is 12.0. The number of rotatable bonds is 4. The Balaban J connectivity index is 2.35. The van der Waals surface area contributed by atoms with Crippen LogP contribution in [0.1, 0.15) is 26.7 Å². The van der Waals surface area contributed by atoms with Crippen LogP contribution in [-0.4, -0.2) is 55.1 Å². The second kappa shape index (κ2) is 5.69. The van der Waals surface area contributed by atoms with Crippen LogP contribution in [0.4, 0.5) is 0 Å². The largest absolute Gasteiger partial charge is 0.330 e. The number of hydrogen-bond acceptors (Lipinski definition) is 3. The topological polar surface area (TPSA) is 32.5 Å². The first-order valence-corrected chi connectivity index (χ1v) is 5.79. The van der Waals surface area contributed by atoms with Crippen molar-refractivity contribution in [1.29, 1.82) is 0 Å². The van der Waals surface area contributed by atoms with E-state index in [1.165, 1.54) is 26.1 Å². The summed E-state index contributed by atoms with van der Waals surface area (Å²) >= 11 is 0. The van der Waals surface area contributed by atoms with Gasteiger partial charge in [0.25, 0.3) is 0 Å². The summed E-state index contributed by atoms with van der Waals surface area (Å²) in [4.78, 5) is 5.03. The third-order valence-corrected chi connectivity index (χ3v) is 3.27. The van der Waals surface area contributed by atoms with Gasteiger partial charge < -0.3 is 10.6 Å². The van der Waals surface area contributed by atoms with Gasteiger partial charge >= 0.3 is 0 Å². The highest BCUT2D eigenvalue weighted by molar-refractivity contribution is 4.81.